The lowest BCUT2D eigenvalue weighted by atomic mass is 9.95. The molecule has 2 N–H and O–H groups in total. The van der Waals surface area contributed by atoms with Gasteiger partial charge < -0.3 is 10.3 Å². The molecule has 1 aliphatic carbocycles. The number of fused-ring (bicyclic) bond motifs is 2. The number of anilines is 1. The zero-order chi connectivity index (χ0) is 21.5. The third-order valence-electron chi connectivity index (χ3n) is 6.68. The summed E-state index contributed by atoms with van der Waals surface area (Å²) >= 11 is 0. The second kappa shape index (κ2) is 7.75. The number of rotatable bonds is 3. The average Bonchev–Trinajstić information content (AvgIpc) is 3.25. The fourth-order valence-corrected chi connectivity index (χ4v) is 5.02. The second-order valence-electron chi connectivity index (χ2n) is 8.67. The van der Waals surface area contributed by atoms with Crippen LogP contribution >= 0.6 is 0 Å². The first-order valence-corrected chi connectivity index (χ1v) is 11.4. The topological polar surface area (TPSA) is 69.6 Å². The van der Waals surface area contributed by atoms with Gasteiger partial charge in [-0.3, -0.25) is 0 Å². The van der Waals surface area contributed by atoms with E-state index < -0.39 is 0 Å². The molecule has 0 bridgehead atoms. The first-order valence-electron chi connectivity index (χ1n) is 11.4. The molecule has 5 nitrogen and oxygen atoms in total. The summed E-state index contributed by atoms with van der Waals surface area (Å²) in [6, 6.07) is 21.4. The van der Waals surface area contributed by atoms with Crippen molar-refractivity contribution in [1.82, 2.24) is 19.5 Å². The van der Waals surface area contributed by atoms with E-state index in [1.54, 1.807) is 6.33 Å². The van der Waals surface area contributed by atoms with Crippen molar-refractivity contribution < 1.29 is 0 Å². The number of hydrogen-bond donors (Lipinski definition) is 1. The van der Waals surface area contributed by atoms with Crippen LogP contribution in [0.15, 0.2) is 73.2 Å². The van der Waals surface area contributed by atoms with Crippen molar-refractivity contribution in [3.63, 3.8) is 0 Å². The van der Waals surface area contributed by atoms with E-state index in [0.717, 1.165) is 44.3 Å². The molecule has 1 aliphatic rings. The van der Waals surface area contributed by atoms with E-state index >= 15 is 0 Å². The lowest BCUT2D eigenvalue weighted by Crippen LogP contribution is -2.12. The summed E-state index contributed by atoms with van der Waals surface area (Å²) < 4.78 is 2.33. The van der Waals surface area contributed by atoms with E-state index in [2.05, 4.69) is 63.2 Å². The molecule has 0 aliphatic heterocycles. The van der Waals surface area contributed by atoms with Gasteiger partial charge in [-0.1, -0.05) is 67.8 Å². The molecule has 158 valence electrons. The first kappa shape index (κ1) is 19.0. The van der Waals surface area contributed by atoms with Crippen molar-refractivity contribution in [1.29, 1.82) is 0 Å². The lowest BCUT2D eigenvalue weighted by Gasteiger charge is -2.23. The summed E-state index contributed by atoms with van der Waals surface area (Å²) in [5, 5.41) is 2.06. The Hall–Kier alpha value is -3.73. The average molecular weight is 420 g/mol. The highest BCUT2D eigenvalue weighted by Crippen LogP contribution is 2.38. The Kier molecular flexibility index (Phi) is 4.60. The zero-order valence-electron chi connectivity index (χ0n) is 17.9. The summed E-state index contributed by atoms with van der Waals surface area (Å²) in [6.07, 6.45) is 10.0. The molecule has 32 heavy (non-hydrogen) atoms. The summed E-state index contributed by atoms with van der Waals surface area (Å²) in [7, 11) is 0. The molecule has 0 radical (unpaired) electrons. The van der Waals surface area contributed by atoms with Gasteiger partial charge in [0.2, 0.25) is 0 Å². The van der Waals surface area contributed by atoms with E-state index in [1.807, 2.05) is 18.2 Å². The molecule has 0 atom stereocenters. The molecule has 5 heteroatoms. The van der Waals surface area contributed by atoms with Crippen molar-refractivity contribution in [3.8, 4) is 22.4 Å². The van der Waals surface area contributed by atoms with Gasteiger partial charge in [-0.25, -0.2) is 15.0 Å². The minimum atomic E-state index is 0.470. The van der Waals surface area contributed by atoms with Gasteiger partial charge in [0.25, 0.3) is 0 Å². The summed E-state index contributed by atoms with van der Waals surface area (Å²) in [5.74, 6) is 0.533. The van der Waals surface area contributed by atoms with E-state index in [0.29, 0.717) is 11.9 Å². The number of hydrogen-bond acceptors (Lipinski definition) is 4. The predicted octanol–water partition coefficient (Wildman–Crippen LogP) is 6.40. The molecule has 6 rings (SSSR count). The Morgan fingerprint density at radius 1 is 0.844 bits per heavy atom. The maximum Gasteiger partial charge on any atom is 0.146 e. The van der Waals surface area contributed by atoms with Gasteiger partial charge in [0.15, 0.2) is 0 Å². The number of nitrogen functional groups attached to an aromatic ring is 1. The third kappa shape index (κ3) is 3.21. The van der Waals surface area contributed by atoms with Crippen LogP contribution in [0.4, 0.5) is 5.82 Å². The third-order valence-corrected chi connectivity index (χ3v) is 6.68. The standard InChI is InChI=1S/C27H25N5/c28-26-25-22(16-32(27(25)30-17-29-26)21-9-5-2-6-10-21)20-12-11-19-13-14-23(31-24(19)15-20)18-7-3-1-4-8-18/h1,3-4,7-8,11-17,21H,2,5-6,9-10H2,(H2,28,29,30). The molecule has 1 fully saturated rings. The quantitative estimate of drug-likeness (QED) is 0.367. The van der Waals surface area contributed by atoms with E-state index in [4.69, 9.17) is 10.7 Å². The number of benzene rings is 2. The van der Waals surface area contributed by atoms with E-state index in [1.165, 1.54) is 32.1 Å². The maximum atomic E-state index is 6.37. The number of nitrogens with two attached hydrogens (primary N) is 1. The normalized spacial score (nSPS) is 14.9. The summed E-state index contributed by atoms with van der Waals surface area (Å²) in [4.78, 5) is 13.9. The van der Waals surface area contributed by atoms with Crippen LogP contribution in [-0.2, 0) is 0 Å². The molecule has 1 saturated carbocycles. The molecule has 5 aromatic rings. The van der Waals surface area contributed by atoms with Gasteiger partial charge in [0.05, 0.1) is 16.6 Å². The molecule has 0 saturated heterocycles. The molecule has 3 aromatic heterocycles. The van der Waals surface area contributed by atoms with Crippen LogP contribution in [0.25, 0.3) is 44.3 Å². The van der Waals surface area contributed by atoms with Crippen LogP contribution < -0.4 is 5.73 Å². The van der Waals surface area contributed by atoms with Crippen LogP contribution in [0.3, 0.4) is 0 Å². The Balaban J connectivity index is 1.51. The Morgan fingerprint density at radius 2 is 1.66 bits per heavy atom. The highest BCUT2D eigenvalue weighted by atomic mass is 15.1. The Bertz CT molecular complexity index is 1410. The SMILES string of the molecule is Nc1ncnc2c1c(-c1ccc3ccc(-c4ccccc4)nc3c1)cn2C1CCCCC1. The minimum absolute atomic E-state index is 0.470. The van der Waals surface area contributed by atoms with Gasteiger partial charge in [-0.15, -0.1) is 0 Å². The molecule has 0 unspecified atom stereocenters. The van der Waals surface area contributed by atoms with Crippen molar-refractivity contribution >= 4 is 27.8 Å². The highest BCUT2D eigenvalue weighted by molar-refractivity contribution is 6.02. The van der Waals surface area contributed by atoms with Crippen molar-refractivity contribution in [3.05, 3.63) is 73.2 Å². The predicted molar refractivity (Wildman–Crippen MR) is 130 cm³/mol. The molecular formula is C27H25N5. The van der Waals surface area contributed by atoms with Crippen molar-refractivity contribution in [2.45, 2.75) is 38.1 Å². The minimum Gasteiger partial charge on any atom is -0.383 e. The van der Waals surface area contributed by atoms with Crippen LogP contribution in [0, 0.1) is 0 Å². The lowest BCUT2D eigenvalue weighted by molar-refractivity contribution is 0.360. The van der Waals surface area contributed by atoms with Gasteiger partial charge in [0, 0.05) is 28.8 Å². The largest absolute Gasteiger partial charge is 0.383 e. The molecule has 0 spiro atoms. The fraction of sp³-hybridized carbons (Fsp3) is 0.222. The first-order chi connectivity index (χ1) is 15.8. The monoisotopic (exact) mass is 419 g/mol. The number of pyridine rings is 1. The van der Waals surface area contributed by atoms with Gasteiger partial charge in [0.1, 0.15) is 17.8 Å². The molecule has 3 heterocycles. The summed E-state index contributed by atoms with van der Waals surface area (Å²) in [5.41, 5.74) is 12.5. The van der Waals surface area contributed by atoms with Crippen LogP contribution in [0.1, 0.15) is 38.1 Å². The smallest absolute Gasteiger partial charge is 0.146 e. The maximum absolute atomic E-state index is 6.37. The van der Waals surface area contributed by atoms with Crippen LogP contribution in [0.2, 0.25) is 0 Å². The highest BCUT2D eigenvalue weighted by Gasteiger charge is 2.22. The van der Waals surface area contributed by atoms with Crippen LogP contribution in [0.5, 0.6) is 0 Å². The van der Waals surface area contributed by atoms with E-state index in [-0.39, 0.29) is 0 Å². The molecular weight excluding hydrogens is 394 g/mol. The number of nitrogens with zero attached hydrogens (tertiary/aromatic N) is 4. The van der Waals surface area contributed by atoms with Gasteiger partial charge in [-0.2, -0.15) is 0 Å². The molecule has 0 amide bonds. The molecule has 2 aromatic carbocycles. The Morgan fingerprint density at radius 3 is 2.50 bits per heavy atom. The summed E-state index contributed by atoms with van der Waals surface area (Å²) in [6.45, 7) is 0. The van der Waals surface area contributed by atoms with Crippen LogP contribution in [-0.4, -0.2) is 19.5 Å². The van der Waals surface area contributed by atoms with Gasteiger partial charge >= 0.3 is 0 Å². The van der Waals surface area contributed by atoms with E-state index in [9.17, 15) is 0 Å². The van der Waals surface area contributed by atoms with Gasteiger partial charge in [-0.05, 0) is 30.5 Å². The Labute approximate surface area is 187 Å². The van der Waals surface area contributed by atoms with Crippen molar-refractivity contribution in [2.24, 2.45) is 0 Å². The second-order valence-corrected chi connectivity index (χ2v) is 8.67. The fourth-order valence-electron chi connectivity index (χ4n) is 5.02. The zero-order valence-corrected chi connectivity index (χ0v) is 17.9. The number of aromatic nitrogens is 4. The van der Waals surface area contributed by atoms with Crippen molar-refractivity contribution in [2.75, 3.05) is 5.73 Å².